The molecule has 0 unspecified atom stereocenters. The number of hydrogen-bond acceptors (Lipinski definition) is 4. The third kappa shape index (κ3) is 5.19. The van der Waals surface area contributed by atoms with Gasteiger partial charge < -0.3 is 20.1 Å². The van der Waals surface area contributed by atoms with Crippen LogP contribution in [0.15, 0.2) is 42.5 Å². The molecule has 0 atom stereocenters. The summed E-state index contributed by atoms with van der Waals surface area (Å²) in [5, 5.41) is 6.80. The molecular weight excluding hydrogens is 336 g/mol. The Bertz CT molecular complexity index is 762. The summed E-state index contributed by atoms with van der Waals surface area (Å²) in [6.45, 7) is 4.60. The quantitative estimate of drug-likeness (QED) is 0.607. The Morgan fingerprint density at radius 1 is 1.20 bits per heavy atom. The molecule has 0 radical (unpaired) electrons. The van der Waals surface area contributed by atoms with Crippen LogP contribution >= 0.6 is 12.2 Å². The molecule has 0 saturated carbocycles. The van der Waals surface area contributed by atoms with Crippen molar-refractivity contribution in [3.8, 4) is 5.75 Å². The minimum Gasteiger partial charge on any atom is -0.496 e. The highest BCUT2D eigenvalue weighted by Gasteiger charge is 2.09. The van der Waals surface area contributed by atoms with Gasteiger partial charge in [0.15, 0.2) is 5.11 Å². The summed E-state index contributed by atoms with van der Waals surface area (Å²) in [6, 6.07) is 13.1. The number of hydrogen-bond donors (Lipinski definition) is 2. The first-order valence-electron chi connectivity index (χ1n) is 7.99. The fourth-order valence-corrected chi connectivity index (χ4v) is 2.52. The Morgan fingerprint density at radius 3 is 2.64 bits per heavy atom. The highest BCUT2D eigenvalue weighted by atomic mass is 32.1. The molecule has 0 aliphatic carbocycles. The van der Waals surface area contributed by atoms with Crippen LogP contribution in [-0.4, -0.2) is 24.8 Å². The molecule has 0 aliphatic rings. The van der Waals surface area contributed by atoms with Crippen LogP contribution in [0.3, 0.4) is 0 Å². The number of rotatable bonds is 6. The number of para-hydroxylation sites is 1. The third-order valence-corrected chi connectivity index (χ3v) is 3.86. The molecule has 2 rings (SSSR count). The average molecular weight is 358 g/mol. The summed E-state index contributed by atoms with van der Waals surface area (Å²) in [4.78, 5) is 11.8. The Kier molecular flexibility index (Phi) is 6.77. The fraction of sp³-hybridized carbons (Fsp3) is 0.263. The monoisotopic (exact) mass is 358 g/mol. The van der Waals surface area contributed by atoms with Crippen LogP contribution in [0, 0.1) is 6.92 Å². The number of esters is 1. The number of methoxy groups -OCH3 is 1. The molecule has 0 fully saturated rings. The molecule has 0 aliphatic heterocycles. The Hall–Kier alpha value is -2.60. The van der Waals surface area contributed by atoms with Crippen molar-refractivity contribution in [3.63, 3.8) is 0 Å². The zero-order chi connectivity index (χ0) is 18.2. The molecule has 0 amide bonds. The SMILES string of the molecule is CCOC(=O)c1ccc(NC(=S)NCc2ccccc2OC)c(C)c1. The van der Waals surface area contributed by atoms with Crippen LogP contribution in [0.25, 0.3) is 0 Å². The molecule has 2 aromatic carbocycles. The van der Waals surface area contributed by atoms with E-state index in [1.165, 1.54) is 0 Å². The van der Waals surface area contributed by atoms with E-state index in [4.69, 9.17) is 21.7 Å². The summed E-state index contributed by atoms with van der Waals surface area (Å²) >= 11 is 5.35. The van der Waals surface area contributed by atoms with E-state index in [1.807, 2.05) is 37.3 Å². The molecule has 5 nitrogen and oxygen atoms in total. The van der Waals surface area contributed by atoms with E-state index in [2.05, 4.69) is 10.6 Å². The number of thiocarbonyl (C=S) groups is 1. The van der Waals surface area contributed by atoms with E-state index >= 15 is 0 Å². The average Bonchev–Trinajstić information content (AvgIpc) is 2.62. The van der Waals surface area contributed by atoms with Gasteiger partial charge in [-0.15, -0.1) is 0 Å². The van der Waals surface area contributed by atoms with E-state index < -0.39 is 0 Å². The minimum absolute atomic E-state index is 0.325. The number of aryl methyl sites for hydroxylation is 1. The van der Waals surface area contributed by atoms with Gasteiger partial charge in [0.2, 0.25) is 0 Å². The van der Waals surface area contributed by atoms with Crippen LogP contribution in [0.2, 0.25) is 0 Å². The van der Waals surface area contributed by atoms with Crippen LogP contribution < -0.4 is 15.4 Å². The lowest BCUT2D eigenvalue weighted by atomic mass is 10.1. The van der Waals surface area contributed by atoms with Crippen LogP contribution in [0.1, 0.15) is 28.4 Å². The lowest BCUT2D eigenvalue weighted by molar-refractivity contribution is 0.0526. The summed E-state index contributed by atoms with van der Waals surface area (Å²) in [5.41, 5.74) is 3.29. The predicted octanol–water partition coefficient (Wildman–Crippen LogP) is 3.67. The zero-order valence-corrected chi connectivity index (χ0v) is 15.4. The number of anilines is 1. The lowest BCUT2D eigenvalue weighted by Crippen LogP contribution is -2.28. The van der Waals surface area contributed by atoms with Gasteiger partial charge in [0.25, 0.3) is 0 Å². The fourth-order valence-electron chi connectivity index (χ4n) is 2.34. The predicted molar refractivity (Wildman–Crippen MR) is 103 cm³/mol. The first-order chi connectivity index (χ1) is 12.0. The topological polar surface area (TPSA) is 59.6 Å². The van der Waals surface area contributed by atoms with Gasteiger partial charge in [-0.25, -0.2) is 4.79 Å². The van der Waals surface area contributed by atoms with E-state index in [0.29, 0.717) is 23.8 Å². The van der Waals surface area contributed by atoms with E-state index in [1.54, 1.807) is 26.2 Å². The number of carbonyl (C=O) groups is 1. The molecule has 2 N–H and O–H groups in total. The maximum absolute atomic E-state index is 11.8. The van der Waals surface area contributed by atoms with Crippen LogP contribution in [0.4, 0.5) is 5.69 Å². The highest BCUT2D eigenvalue weighted by molar-refractivity contribution is 7.80. The van der Waals surface area contributed by atoms with Crippen molar-refractivity contribution in [2.24, 2.45) is 0 Å². The largest absolute Gasteiger partial charge is 0.496 e. The Morgan fingerprint density at radius 2 is 1.96 bits per heavy atom. The van der Waals surface area contributed by atoms with Gasteiger partial charge >= 0.3 is 5.97 Å². The second kappa shape index (κ2) is 9.03. The second-order valence-corrected chi connectivity index (χ2v) is 5.78. The molecule has 25 heavy (non-hydrogen) atoms. The molecule has 0 heterocycles. The zero-order valence-electron chi connectivity index (χ0n) is 14.6. The Labute approximate surface area is 153 Å². The van der Waals surface area contributed by atoms with Crippen molar-refractivity contribution in [2.45, 2.75) is 20.4 Å². The molecule has 0 bridgehead atoms. The summed E-state index contributed by atoms with van der Waals surface area (Å²) in [7, 11) is 1.64. The molecule has 0 saturated heterocycles. The summed E-state index contributed by atoms with van der Waals surface area (Å²) in [6.07, 6.45) is 0. The minimum atomic E-state index is -0.325. The maximum atomic E-state index is 11.8. The molecule has 2 aromatic rings. The number of benzene rings is 2. The Balaban J connectivity index is 1.97. The number of ether oxygens (including phenoxy) is 2. The second-order valence-electron chi connectivity index (χ2n) is 5.37. The van der Waals surface area contributed by atoms with Gasteiger partial charge in [-0.3, -0.25) is 0 Å². The molecule has 132 valence electrons. The van der Waals surface area contributed by atoms with Crippen molar-refractivity contribution < 1.29 is 14.3 Å². The standard InChI is InChI=1S/C19H22N2O3S/c1-4-24-18(22)14-9-10-16(13(2)11-14)21-19(25)20-12-15-7-5-6-8-17(15)23-3/h5-11H,4,12H2,1-3H3,(H2,20,21,25). The van der Waals surface area contributed by atoms with Crippen molar-refractivity contribution in [2.75, 3.05) is 19.0 Å². The summed E-state index contributed by atoms with van der Waals surface area (Å²) in [5.74, 6) is 0.488. The van der Waals surface area contributed by atoms with E-state index in [9.17, 15) is 4.79 Å². The molecule has 6 heteroatoms. The first-order valence-corrected chi connectivity index (χ1v) is 8.40. The van der Waals surface area contributed by atoms with Gasteiger partial charge in [0.05, 0.1) is 19.3 Å². The van der Waals surface area contributed by atoms with Gasteiger partial charge in [0.1, 0.15) is 5.75 Å². The van der Waals surface area contributed by atoms with E-state index in [0.717, 1.165) is 22.6 Å². The van der Waals surface area contributed by atoms with Crippen LogP contribution in [-0.2, 0) is 11.3 Å². The van der Waals surface area contributed by atoms with E-state index in [-0.39, 0.29) is 5.97 Å². The summed E-state index contributed by atoms with van der Waals surface area (Å²) < 4.78 is 10.3. The van der Waals surface area contributed by atoms with Crippen molar-refractivity contribution in [1.29, 1.82) is 0 Å². The van der Waals surface area contributed by atoms with Gasteiger partial charge in [0, 0.05) is 17.8 Å². The van der Waals surface area contributed by atoms with Crippen molar-refractivity contribution >= 4 is 29.0 Å². The van der Waals surface area contributed by atoms with Crippen molar-refractivity contribution in [3.05, 3.63) is 59.2 Å². The van der Waals surface area contributed by atoms with Gasteiger partial charge in [-0.2, -0.15) is 0 Å². The lowest BCUT2D eigenvalue weighted by Gasteiger charge is -2.14. The molecule has 0 aromatic heterocycles. The van der Waals surface area contributed by atoms with Gasteiger partial charge in [-0.1, -0.05) is 18.2 Å². The van der Waals surface area contributed by atoms with Crippen molar-refractivity contribution in [1.82, 2.24) is 5.32 Å². The number of carbonyl (C=O) groups excluding carboxylic acids is 1. The molecular formula is C19H22N2O3S. The third-order valence-electron chi connectivity index (χ3n) is 3.62. The highest BCUT2D eigenvalue weighted by Crippen LogP contribution is 2.18. The van der Waals surface area contributed by atoms with Gasteiger partial charge in [-0.05, 0) is 55.9 Å². The smallest absolute Gasteiger partial charge is 0.338 e. The van der Waals surface area contributed by atoms with Crippen LogP contribution in [0.5, 0.6) is 5.75 Å². The normalized spacial score (nSPS) is 10.0. The molecule has 0 spiro atoms. The number of nitrogens with one attached hydrogen (secondary N) is 2. The maximum Gasteiger partial charge on any atom is 0.338 e. The first kappa shape index (κ1) is 18.7.